The molecule has 0 spiro atoms. The summed E-state index contributed by atoms with van der Waals surface area (Å²) in [6, 6.07) is 2.59. The first-order chi connectivity index (χ1) is 8.62. The van der Waals surface area contributed by atoms with Crippen molar-refractivity contribution >= 4 is 0 Å². The first-order valence-corrected chi connectivity index (χ1v) is 7.61. The van der Waals surface area contributed by atoms with Gasteiger partial charge in [0.1, 0.15) is 0 Å². The van der Waals surface area contributed by atoms with E-state index in [0.717, 1.165) is 38.4 Å². The number of rotatable bonds is 7. The minimum Gasteiger partial charge on any atom is -0.381 e. The molecule has 104 valence electrons. The van der Waals surface area contributed by atoms with E-state index in [4.69, 9.17) is 4.74 Å². The fourth-order valence-corrected chi connectivity index (χ4v) is 2.93. The van der Waals surface area contributed by atoms with Crippen LogP contribution < -0.4 is 0 Å². The van der Waals surface area contributed by atoms with Crippen molar-refractivity contribution < 1.29 is 4.74 Å². The Kier molecular flexibility index (Phi) is 6.71. The normalized spacial score (nSPS) is 28.3. The molecule has 0 heterocycles. The summed E-state index contributed by atoms with van der Waals surface area (Å²) in [6.45, 7) is 8.15. The minimum atomic E-state index is -0.0821. The molecule has 0 amide bonds. The molecule has 18 heavy (non-hydrogen) atoms. The third-order valence-corrected chi connectivity index (χ3v) is 4.17. The second-order valence-electron chi connectivity index (χ2n) is 6.34. The molecule has 0 aromatic heterocycles. The van der Waals surface area contributed by atoms with E-state index in [1.807, 2.05) is 0 Å². The van der Waals surface area contributed by atoms with E-state index < -0.39 is 0 Å². The van der Waals surface area contributed by atoms with Crippen LogP contribution in [0.25, 0.3) is 0 Å². The lowest BCUT2D eigenvalue weighted by atomic mass is 9.69. The van der Waals surface area contributed by atoms with E-state index in [1.54, 1.807) is 0 Å². The van der Waals surface area contributed by atoms with Crippen LogP contribution in [0.1, 0.15) is 65.7 Å². The first-order valence-electron chi connectivity index (χ1n) is 7.61. The summed E-state index contributed by atoms with van der Waals surface area (Å²) in [5, 5.41) is 9.46. The Morgan fingerprint density at radius 2 is 2.00 bits per heavy atom. The molecule has 1 aliphatic rings. The molecule has 0 saturated heterocycles. The van der Waals surface area contributed by atoms with Gasteiger partial charge in [0.15, 0.2) is 0 Å². The van der Waals surface area contributed by atoms with Crippen LogP contribution in [-0.2, 0) is 4.74 Å². The van der Waals surface area contributed by atoms with Crippen molar-refractivity contribution in [2.45, 2.75) is 65.7 Å². The Bertz CT molecular complexity index is 259. The molecule has 2 nitrogen and oxygen atoms in total. The maximum atomic E-state index is 9.46. The standard InChI is InChI=1S/C16H29NO/c1-4-5-15-6-8-16(13-17,9-7-15)10-11-18-12-14(2)3/h14-15H,4-12H2,1-3H3. The monoisotopic (exact) mass is 251 g/mol. The van der Waals surface area contributed by atoms with Gasteiger partial charge in [-0.1, -0.05) is 33.6 Å². The van der Waals surface area contributed by atoms with Crippen molar-refractivity contribution in [3.63, 3.8) is 0 Å². The molecule has 0 aromatic carbocycles. The third kappa shape index (κ3) is 4.98. The zero-order chi connectivity index (χ0) is 13.4. The topological polar surface area (TPSA) is 33.0 Å². The maximum absolute atomic E-state index is 9.46. The minimum absolute atomic E-state index is 0.0821. The molecular formula is C16H29NO. The van der Waals surface area contributed by atoms with Gasteiger partial charge in [-0.3, -0.25) is 0 Å². The highest BCUT2D eigenvalue weighted by atomic mass is 16.5. The van der Waals surface area contributed by atoms with Gasteiger partial charge in [-0.15, -0.1) is 0 Å². The van der Waals surface area contributed by atoms with Crippen LogP contribution in [0, 0.1) is 28.6 Å². The van der Waals surface area contributed by atoms with Crippen molar-refractivity contribution in [3.8, 4) is 6.07 Å². The Hall–Kier alpha value is -0.550. The fourth-order valence-electron chi connectivity index (χ4n) is 2.93. The lowest BCUT2D eigenvalue weighted by Gasteiger charge is -2.35. The smallest absolute Gasteiger partial charge is 0.0690 e. The highest BCUT2D eigenvalue weighted by Crippen LogP contribution is 2.42. The predicted molar refractivity (Wildman–Crippen MR) is 75.2 cm³/mol. The average molecular weight is 251 g/mol. The van der Waals surface area contributed by atoms with Crippen molar-refractivity contribution in [2.75, 3.05) is 13.2 Å². The largest absolute Gasteiger partial charge is 0.381 e. The van der Waals surface area contributed by atoms with E-state index in [2.05, 4.69) is 26.8 Å². The molecule has 0 radical (unpaired) electrons. The van der Waals surface area contributed by atoms with Gasteiger partial charge in [0, 0.05) is 13.2 Å². The summed E-state index contributed by atoms with van der Waals surface area (Å²) in [6.07, 6.45) is 8.19. The van der Waals surface area contributed by atoms with E-state index in [0.29, 0.717) is 5.92 Å². The van der Waals surface area contributed by atoms with Crippen molar-refractivity contribution in [1.29, 1.82) is 5.26 Å². The number of ether oxygens (including phenoxy) is 1. The molecule has 1 rings (SSSR count). The van der Waals surface area contributed by atoms with Crippen LogP contribution in [0.4, 0.5) is 0 Å². The second kappa shape index (κ2) is 7.79. The molecule has 1 aliphatic carbocycles. The first kappa shape index (κ1) is 15.5. The Balaban J connectivity index is 2.30. The van der Waals surface area contributed by atoms with Gasteiger partial charge in [0.2, 0.25) is 0 Å². The zero-order valence-electron chi connectivity index (χ0n) is 12.4. The maximum Gasteiger partial charge on any atom is 0.0690 e. The van der Waals surface area contributed by atoms with Gasteiger partial charge in [-0.05, 0) is 43.9 Å². The summed E-state index contributed by atoms with van der Waals surface area (Å²) in [4.78, 5) is 0. The molecular weight excluding hydrogens is 222 g/mol. The van der Waals surface area contributed by atoms with Gasteiger partial charge in [0.05, 0.1) is 11.5 Å². The summed E-state index contributed by atoms with van der Waals surface area (Å²) in [5.74, 6) is 1.45. The lowest BCUT2D eigenvalue weighted by molar-refractivity contribution is 0.0732. The molecule has 1 saturated carbocycles. The number of nitrogens with zero attached hydrogens (tertiary/aromatic N) is 1. The summed E-state index contributed by atoms with van der Waals surface area (Å²) in [7, 11) is 0. The van der Waals surface area contributed by atoms with Crippen LogP contribution in [-0.4, -0.2) is 13.2 Å². The highest BCUT2D eigenvalue weighted by molar-refractivity contribution is 5.01. The molecule has 0 aromatic rings. The average Bonchev–Trinajstić information content (AvgIpc) is 2.37. The number of hydrogen-bond donors (Lipinski definition) is 0. The Labute approximate surface area is 113 Å². The van der Waals surface area contributed by atoms with Crippen LogP contribution in [0.15, 0.2) is 0 Å². The van der Waals surface area contributed by atoms with E-state index >= 15 is 0 Å². The second-order valence-corrected chi connectivity index (χ2v) is 6.34. The molecule has 0 unspecified atom stereocenters. The van der Waals surface area contributed by atoms with Crippen LogP contribution in [0.3, 0.4) is 0 Å². The van der Waals surface area contributed by atoms with Gasteiger partial charge in [0.25, 0.3) is 0 Å². The molecule has 1 fully saturated rings. The van der Waals surface area contributed by atoms with Crippen molar-refractivity contribution in [1.82, 2.24) is 0 Å². The summed E-state index contributed by atoms with van der Waals surface area (Å²) < 4.78 is 5.65. The van der Waals surface area contributed by atoms with Crippen LogP contribution >= 0.6 is 0 Å². The van der Waals surface area contributed by atoms with Crippen LogP contribution in [0.2, 0.25) is 0 Å². The molecule has 0 bridgehead atoms. The van der Waals surface area contributed by atoms with E-state index in [9.17, 15) is 5.26 Å². The van der Waals surface area contributed by atoms with E-state index in [1.165, 1.54) is 25.7 Å². The summed E-state index contributed by atoms with van der Waals surface area (Å²) in [5.41, 5.74) is -0.0821. The van der Waals surface area contributed by atoms with Crippen molar-refractivity contribution in [2.24, 2.45) is 17.3 Å². The van der Waals surface area contributed by atoms with Gasteiger partial charge in [-0.25, -0.2) is 0 Å². The van der Waals surface area contributed by atoms with E-state index in [-0.39, 0.29) is 5.41 Å². The molecule has 0 atom stereocenters. The Morgan fingerprint density at radius 1 is 1.33 bits per heavy atom. The molecule has 0 N–H and O–H groups in total. The van der Waals surface area contributed by atoms with Crippen LogP contribution in [0.5, 0.6) is 0 Å². The lowest BCUT2D eigenvalue weighted by Crippen LogP contribution is -2.27. The zero-order valence-corrected chi connectivity index (χ0v) is 12.4. The quantitative estimate of drug-likeness (QED) is 0.622. The number of nitriles is 1. The Morgan fingerprint density at radius 3 is 2.50 bits per heavy atom. The molecule has 2 heteroatoms. The molecule has 0 aliphatic heterocycles. The van der Waals surface area contributed by atoms with Gasteiger partial charge >= 0.3 is 0 Å². The van der Waals surface area contributed by atoms with Crippen molar-refractivity contribution in [3.05, 3.63) is 0 Å². The fraction of sp³-hybridized carbons (Fsp3) is 0.938. The highest BCUT2D eigenvalue weighted by Gasteiger charge is 2.34. The summed E-state index contributed by atoms with van der Waals surface area (Å²) >= 11 is 0. The predicted octanol–water partition coefficient (Wildman–Crippen LogP) is 4.55. The van der Waals surface area contributed by atoms with Gasteiger partial charge in [-0.2, -0.15) is 5.26 Å². The van der Waals surface area contributed by atoms with Gasteiger partial charge < -0.3 is 4.74 Å². The SMILES string of the molecule is CCCC1CCC(C#N)(CCOCC(C)C)CC1. The third-order valence-electron chi connectivity index (χ3n) is 4.17. The number of hydrogen-bond acceptors (Lipinski definition) is 2.